The zero-order chi connectivity index (χ0) is 14.3. The molecular weight excluding hydrogens is 247 g/mol. The van der Waals surface area contributed by atoms with Gasteiger partial charge in [-0.3, -0.25) is 4.79 Å². The van der Waals surface area contributed by atoms with Gasteiger partial charge in [-0.05, 0) is 39.0 Å². The van der Waals surface area contributed by atoms with Crippen molar-refractivity contribution in [1.82, 2.24) is 4.57 Å². The molecule has 0 radical (unpaired) electrons. The van der Waals surface area contributed by atoms with Crippen molar-refractivity contribution in [2.45, 2.75) is 32.9 Å². The SMILES string of the molecule is Cc1c(C(N)C(=O)O)c2cc(F)ccc2n1C(C)C. The highest BCUT2D eigenvalue weighted by atomic mass is 19.1. The first-order chi connectivity index (χ1) is 8.84. The molecule has 0 aliphatic heterocycles. The van der Waals surface area contributed by atoms with E-state index in [1.807, 2.05) is 25.3 Å². The van der Waals surface area contributed by atoms with Gasteiger partial charge in [0.05, 0.1) is 0 Å². The number of aromatic nitrogens is 1. The van der Waals surface area contributed by atoms with Crippen molar-refractivity contribution in [3.05, 3.63) is 35.3 Å². The molecule has 1 heterocycles. The van der Waals surface area contributed by atoms with Crippen molar-refractivity contribution in [2.24, 2.45) is 5.73 Å². The Morgan fingerprint density at radius 1 is 1.42 bits per heavy atom. The minimum atomic E-state index is -1.15. The number of carbonyl (C=O) groups is 1. The summed E-state index contributed by atoms with van der Waals surface area (Å²) in [6, 6.07) is 3.37. The van der Waals surface area contributed by atoms with Crippen LogP contribution in [0.2, 0.25) is 0 Å². The summed E-state index contributed by atoms with van der Waals surface area (Å²) >= 11 is 0. The van der Waals surface area contributed by atoms with Gasteiger partial charge in [0.2, 0.25) is 0 Å². The number of nitrogens with zero attached hydrogens (tertiary/aromatic N) is 1. The number of aliphatic carboxylic acids is 1. The molecule has 0 spiro atoms. The average molecular weight is 264 g/mol. The third kappa shape index (κ3) is 2.10. The van der Waals surface area contributed by atoms with Gasteiger partial charge in [0, 0.05) is 28.2 Å². The second kappa shape index (κ2) is 4.66. The maximum atomic E-state index is 13.4. The minimum absolute atomic E-state index is 0.141. The fourth-order valence-corrected chi connectivity index (χ4v) is 2.62. The van der Waals surface area contributed by atoms with Gasteiger partial charge in [0.25, 0.3) is 0 Å². The van der Waals surface area contributed by atoms with Crippen LogP contribution in [0.25, 0.3) is 10.9 Å². The number of benzene rings is 1. The molecule has 0 bridgehead atoms. The number of nitrogens with two attached hydrogens (primary N) is 1. The van der Waals surface area contributed by atoms with E-state index in [9.17, 15) is 9.18 Å². The lowest BCUT2D eigenvalue weighted by molar-refractivity contribution is -0.138. The second-order valence-electron chi connectivity index (χ2n) is 4.94. The first-order valence-electron chi connectivity index (χ1n) is 6.13. The van der Waals surface area contributed by atoms with Crippen molar-refractivity contribution in [1.29, 1.82) is 0 Å². The Kier molecular flexibility index (Phi) is 3.32. The van der Waals surface area contributed by atoms with Crippen molar-refractivity contribution < 1.29 is 14.3 Å². The first-order valence-corrected chi connectivity index (χ1v) is 6.13. The molecular formula is C14H17FN2O2. The van der Waals surface area contributed by atoms with Gasteiger partial charge >= 0.3 is 5.97 Å². The Bertz CT molecular complexity index is 646. The highest BCUT2D eigenvalue weighted by molar-refractivity contribution is 5.91. The van der Waals surface area contributed by atoms with E-state index in [0.717, 1.165) is 11.2 Å². The molecule has 1 aromatic carbocycles. The van der Waals surface area contributed by atoms with E-state index in [0.29, 0.717) is 10.9 Å². The van der Waals surface area contributed by atoms with Crippen LogP contribution >= 0.6 is 0 Å². The number of carboxylic acid groups (broad SMARTS) is 1. The van der Waals surface area contributed by atoms with E-state index < -0.39 is 17.8 Å². The van der Waals surface area contributed by atoms with Gasteiger partial charge in [-0.15, -0.1) is 0 Å². The zero-order valence-corrected chi connectivity index (χ0v) is 11.1. The zero-order valence-electron chi connectivity index (χ0n) is 11.1. The maximum absolute atomic E-state index is 13.4. The molecule has 1 unspecified atom stereocenters. The van der Waals surface area contributed by atoms with Gasteiger partial charge in [-0.1, -0.05) is 0 Å². The quantitative estimate of drug-likeness (QED) is 0.895. The van der Waals surface area contributed by atoms with Gasteiger partial charge in [0.1, 0.15) is 11.9 Å². The third-order valence-electron chi connectivity index (χ3n) is 3.35. The molecule has 0 fully saturated rings. The fourth-order valence-electron chi connectivity index (χ4n) is 2.62. The number of carboxylic acids is 1. The lowest BCUT2D eigenvalue weighted by Gasteiger charge is -2.13. The lowest BCUT2D eigenvalue weighted by Crippen LogP contribution is -2.21. The lowest BCUT2D eigenvalue weighted by atomic mass is 10.0. The smallest absolute Gasteiger partial charge is 0.325 e. The first kappa shape index (κ1) is 13.5. The van der Waals surface area contributed by atoms with Crippen LogP contribution in [0.1, 0.15) is 37.2 Å². The largest absolute Gasteiger partial charge is 0.480 e. The summed E-state index contributed by atoms with van der Waals surface area (Å²) in [5.41, 5.74) is 7.79. The van der Waals surface area contributed by atoms with E-state index in [4.69, 9.17) is 10.8 Å². The van der Waals surface area contributed by atoms with Crippen LogP contribution in [0.4, 0.5) is 4.39 Å². The summed E-state index contributed by atoms with van der Waals surface area (Å²) in [6.45, 7) is 5.80. The van der Waals surface area contributed by atoms with Crippen molar-refractivity contribution in [3.63, 3.8) is 0 Å². The van der Waals surface area contributed by atoms with Crippen LogP contribution in [-0.4, -0.2) is 15.6 Å². The van der Waals surface area contributed by atoms with Crippen LogP contribution in [-0.2, 0) is 4.79 Å². The van der Waals surface area contributed by atoms with E-state index >= 15 is 0 Å². The van der Waals surface area contributed by atoms with Crippen LogP contribution in [0.5, 0.6) is 0 Å². The van der Waals surface area contributed by atoms with Gasteiger partial charge < -0.3 is 15.4 Å². The summed E-state index contributed by atoms with van der Waals surface area (Å²) in [5.74, 6) is -1.51. The van der Waals surface area contributed by atoms with Crippen molar-refractivity contribution in [3.8, 4) is 0 Å². The monoisotopic (exact) mass is 264 g/mol. The summed E-state index contributed by atoms with van der Waals surface area (Å²) in [6.07, 6.45) is 0. The topological polar surface area (TPSA) is 68.2 Å². The van der Waals surface area contributed by atoms with Gasteiger partial charge in [0.15, 0.2) is 0 Å². The fraction of sp³-hybridized carbons (Fsp3) is 0.357. The third-order valence-corrected chi connectivity index (χ3v) is 3.35. The summed E-state index contributed by atoms with van der Waals surface area (Å²) in [4.78, 5) is 11.1. The van der Waals surface area contributed by atoms with Crippen LogP contribution in [0, 0.1) is 12.7 Å². The summed E-state index contributed by atoms with van der Waals surface area (Å²) in [7, 11) is 0. The molecule has 3 N–H and O–H groups in total. The van der Waals surface area contributed by atoms with Crippen LogP contribution in [0.15, 0.2) is 18.2 Å². The number of rotatable bonds is 3. The Morgan fingerprint density at radius 2 is 2.05 bits per heavy atom. The van der Waals surface area contributed by atoms with Crippen molar-refractivity contribution in [2.75, 3.05) is 0 Å². The van der Waals surface area contributed by atoms with E-state index in [2.05, 4.69) is 0 Å². The molecule has 19 heavy (non-hydrogen) atoms. The molecule has 0 aliphatic rings. The maximum Gasteiger partial charge on any atom is 0.325 e. The van der Waals surface area contributed by atoms with Crippen molar-refractivity contribution >= 4 is 16.9 Å². The molecule has 2 aromatic rings. The van der Waals surface area contributed by atoms with E-state index in [-0.39, 0.29) is 6.04 Å². The van der Waals surface area contributed by atoms with Crippen LogP contribution < -0.4 is 5.73 Å². The highest BCUT2D eigenvalue weighted by Gasteiger charge is 2.24. The Morgan fingerprint density at radius 3 is 2.58 bits per heavy atom. The standard InChI is InChI=1S/C14H17FN2O2/c1-7(2)17-8(3)12(13(16)14(18)19)10-6-9(15)4-5-11(10)17/h4-7,13H,16H2,1-3H3,(H,18,19). The normalized spacial score (nSPS) is 13.2. The average Bonchev–Trinajstić information content (AvgIpc) is 2.59. The Balaban J connectivity index is 2.85. The second-order valence-corrected chi connectivity index (χ2v) is 4.94. The number of fused-ring (bicyclic) bond motifs is 1. The number of halogens is 1. The molecule has 102 valence electrons. The van der Waals surface area contributed by atoms with Gasteiger partial charge in [-0.2, -0.15) is 0 Å². The molecule has 2 rings (SSSR count). The number of hydrogen-bond acceptors (Lipinski definition) is 2. The Labute approximate surface area is 110 Å². The minimum Gasteiger partial charge on any atom is -0.480 e. The molecule has 0 amide bonds. The predicted molar refractivity (Wildman–Crippen MR) is 71.6 cm³/mol. The molecule has 1 aromatic heterocycles. The molecule has 5 heteroatoms. The molecule has 4 nitrogen and oxygen atoms in total. The highest BCUT2D eigenvalue weighted by Crippen LogP contribution is 2.32. The van der Waals surface area contributed by atoms with E-state index in [1.54, 1.807) is 6.07 Å². The van der Waals surface area contributed by atoms with E-state index in [1.165, 1.54) is 12.1 Å². The molecule has 1 atom stereocenters. The molecule has 0 saturated carbocycles. The molecule has 0 aliphatic carbocycles. The summed E-state index contributed by atoms with van der Waals surface area (Å²) in [5, 5.41) is 9.68. The number of hydrogen-bond donors (Lipinski definition) is 2. The van der Waals surface area contributed by atoms with Gasteiger partial charge in [-0.25, -0.2) is 4.39 Å². The van der Waals surface area contributed by atoms with Crippen LogP contribution in [0.3, 0.4) is 0 Å². The summed E-state index contributed by atoms with van der Waals surface area (Å²) < 4.78 is 15.4. The Hall–Kier alpha value is -1.88. The predicted octanol–water partition coefficient (Wildman–Crippen LogP) is 2.75. The molecule has 0 saturated heterocycles.